The summed E-state index contributed by atoms with van der Waals surface area (Å²) in [7, 11) is 0. The molecule has 158 valence electrons. The SMILES string of the molecule is CC(=O)N[C@@H](C)CO[C@H]1C[C@H](COc2ccc3nc(O[C@H]4CCOC4)sc3n2)C1. The van der Waals surface area contributed by atoms with Crippen LogP contribution in [0.25, 0.3) is 10.3 Å². The highest BCUT2D eigenvalue weighted by atomic mass is 32.1. The number of nitrogens with zero attached hydrogens (tertiary/aromatic N) is 2. The van der Waals surface area contributed by atoms with Crippen LogP contribution in [-0.2, 0) is 14.3 Å². The first kappa shape index (κ1) is 20.3. The van der Waals surface area contributed by atoms with Crippen LogP contribution in [0.15, 0.2) is 12.1 Å². The topological polar surface area (TPSA) is 91.8 Å². The van der Waals surface area contributed by atoms with Crippen LogP contribution >= 0.6 is 11.3 Å². The summed E-state index contributed by atoms with van der Waals surface area (Å²) < 4.78 is 22.9. The highest BCUT2D eigenvalue weighted by Crippen LogP contribution is 2.32. The lowest BCUT2D eigenvalue weighted by Gasteiger charge is -2.35. The maximum atomic E-state index is 11.0. The highest BCUT2D eigenvalue weighted by Gasteiger charge is 2.31. The molecule has 2 fully saturated rings. The van der Waals surface area contributed by atoms with Crippen LogP contribution in [0.2, 0.25) is 0 Å². The van der Waals surface area contributed by atoms with Crippen molar-refractivity contribution in [2.75, 3.05) is 26.4 Å². The molecule has 2 atom stereocenters. The largest absolute Gasteiger partial charge is 0.477 e. The molecular weight excluding hydrogens is 394 g/mol. The third kappa shape index (κ3) is 5.55. The zero-order valence-electron chi connectivity index (χ0n) is 16.8. The van der Waals surface area contributed by atoms with Crippen molar-refractivity contribution < 1.29 is 23.7 Å². The van der Waals surface area contributed by atoms with Gasteiger partial charge < -0.3 is 24.3 Å². The summed E-state index contributed by atoms with van der Waals surface area (Å²) in [4.78, 5) is 20.9. The van der Waals surface area contributed by atoms with Crippen molar-refractivity contribution in [3.63, 3.8) is 0 Å². The summed E-state index contributed by atoms with van der Waals surface area (Å²) in [5.74, 6) is 1.05. The maximum absolute atomic E-state index is 11.0. The van der Waals surface area contributed by atoms with Gasteiger partial charge in [-0.15, -0.1) is 0 Å². The number of pyridine rings is 1. The van der Waals surface area contributed by atoms with Gasteiger partial charge in [-0.1, -0.05) is 11.3 Å². The van der Waals surface area contributed by atoms with Crippen molar-refractivity contribution >= 4 is 27.6 Å². The van der Waals surface area contributed by atoms with Gasteiger partial charge in [0.15, 0.2) is 4.83 Å². The average molecular weight is 422 g/mol. The molecule has 0 unspecified atom stereocenters. The molecule has 1 N–H and O–H groups in total. The first-order chi connectivity index (χ1) is 14.0. The van der Waals surface area contributed by atoms with Gasteiger partial charge in [-0.25, -0.2) is 9.97 Å². The standard InChI is InChI=1S/C20H27N3O5S/c1-12(21-13(2)24)9-26-16-7-14(8-16)10-27-18-4-3-17-19(23-18)29-20(22-17)28-15-5-6-25-11-15/h3-4,12,14-16H,5-11H2,1-2H3,(H,21,24)/t12-,14-,15-,16-/m0/s1. The van der Waals surface area contributed by atoms with Crippen LogP contribution in [0.5, 0.6) is 11.1 Å². The van der Waals surface area contributed by atoms with Gasteiger partial charge in [0.2, 0.25) is 11.8 Å². The van der Waals surface area contributed by atoms with Gasteiger partial charge in [0, 0.05) is 25.5 Å². The number of hydrogen-bond donors (Lipinski definition) is 1. The second kappa shape index (κ2) is 9.23. The van der Waals surface area contributed by atoms with Gasteiger partial charge in [-0.05, 0) is 31.7 Å². The van der Waals surface area contributed by atoms with Crippen LogP contribution in [0.1, 0.15) is 33.1 Å². The summed E-state index contributed by atoms with van der Waals surface area (Å²) in [5, 5.41) is 3.46. The Hall–Kier alpha value is -1.97. The van der Waals surface area contributed by atoms with Crippen molar-refractivity contribution in [2.24, 2.45) is 5.92 Å². The number of fused-ring (bicyclic) bond motifs is 1. The average Bonchev–Trinajstić information content (AvgIpc) is 3.28. The molecule has 1 saturated heterocycles. The molecule has 0 bridgehead atoms. The fourth-order valence-corrected chi connectivity index (χ4v) is 4.33. The predicted octanol–water partition coefficient (Wildman–Crippen LogP) is 2.56. The second-order valence-corrected chi connectivity index (χ2v) is 8.70. The van der Waals surface area contributed by atoms with Gasteiger partial charge in [0.25, 0.3) is 5.19 Å². The molecule has 1 aliphatic heterocycles. The molecule has 2 aromatic heterocycles. The number of rotatable bonds is 9. The van der Waals surface area contributed by atoms with Crippen molar-refractivity contribution in [3.05, 3.63) is 12.1 Å². The van der Waals surface area contributed by atoms with E-state index in [4.69, 9.17) is 18.9 Å². The van der Waals surface area contributed by atoms with Crippen molar-refractivity contribution in [2.45, 2.75) is 51.4 Å². The van der Waals surface area contributed by atoms with Crippen molar-refractivity contribution in [1.82, 2.24) is 15.3 Å². The zero-order valence-corrected chi connectivity index (χ0v) is 17.6. The monoisotopic (exact) mass is 421 g/mol. The highest BCUT2D eigenvalue weighted by molar-refractivity contribution is 7.19. The molecule has 2 aromatic rings. The lowest BCUT2D eigenvalue weighted by Crippen LogP contribution is -2.40. The number of thiazole rings is 1. The molecule has 8 nitrogen and oxygen atoms in total. The van der Waals surface area contributed by atoms with E-state index in [0.29, 0.717) is 36.8 Å². The van der Waals surface area contributed by atoms with E-state index in [1.807, 2.05) is 19.1 Å². The summed E-state index contributed by atoms with van der Waals surface area (Å²) in [6.07, 6.45) is 3.17. The third-order valence-electron chi connectivity index (χ3n) is 5.06. The molecule has 1 saturated carbocycles. The van der Waals surface area contributed by atoms with E-state index in [1.165, 1.54) is 18.3 Å². The Morgan fingerprint density at radius 3 is 2.97 bits per heavy atom. The molecule has 0 radical (unpaired) electrons. The van der Waals surface area contributed by atoms with Gasteiger partial charge in [-0.3, -0.25) is 4.79 Å². The van der Waals surface area contributed by atoms with Crippen LogP contribution in [0, 0.1) is 5.92 Å². The molecule has 4 rings (SSSR count). The Morgan fingerprint density at radius 2 is 2.21 bits per heavy atom. The van der Waals surface area contributed by atoms with E-state index >= 15 is 0 Å². The third-order valence-corrected chi connectivity index (χ3v) is 5.91. The Kier molecular flexibility index (Phi) is 6.46. The molecule has 1 aliphatic carbocycles. The summed E-state index contributed by atoms with van der Waals surface area (Å²) >= 11 is 1.44. The molecule has 0 spiro atoms. The minimum absolute atomic E-state index is 0.0300. The lowest BCUT2D eigenvalue weighted by molar-refractivity contribution is -0.120. The van der Waals surface area contributed by atoms with Crippen LogP contribution in [-0.4, -0.2) is 60.6 Å². The molecule has 0 aromatic carbocycles. The molecule has 9 heteroatoms. The van der Waals surface area contributed by atoms with E-state index in [1.54, 1.807) is 0 Å². The van der Waals surface area contributed by atoms with Crippen LogP contribution in [0.3, 0.4) is 0 Å². The number of nitrogens with one attached hydrogen (secondary N) is 1. The van der Waals surface area contributed by atoms with Gasteiger partial charge in [-0.2, -0.15) is 0 Å². The van der Waals surface area contributed by atoms with Gasteiger partial charge in [0.1, 0.15) is 11.6 Å². The van der Waals surface area contributed by atoms with E-state index < -0.39 is 0 Å². The van der Waals surface area contributed by atoms with E-state index in [-0.39, 0.29) is 24.2 Å². The number of amides is 1. The minimum Gasteiger partial charge on any atom is -0.477 e. The van der Waals surface area contributed by atoms with Crippen molar-refractivity contribution in [1.29, 1.82) is 0 Å². The first-order valence-corrected chi connectivity index (χ1v) is 10.9. The summed E-state index contributed by atoms with van der Waals surface area (Å²) in [5.41, 5.74) is 0.821. The maximum Gasteiger partial charge on any atom is 0.276 e. The fourth-order valence-electron chi connectivity index (χ4n) is 3.48. The number of carbonyl (C=O) groups is 1. The lowest BCUT2D eigenvalue weighted by atomic mass is 9.83. The molecule has 29 heavy (non-hydrogen) atoms. The summed E-state index contributed by atoms with van der Waals surface area (Å²) in [6.45, 7) is 5.99. The Balaban J connectivity index is 1.20. The molecular formula is C20H27N3O5S. The summed E-state index contributed by atoms with van der Waals surface area (Å²) in [6, 6.07) is 3.81. The number of carbonyl (C=O) groups excluding carboxylic acids is 1. The normalized spacial score (nSPS) is 24.8. The number of aromatic nitrogens is 2. The molecule has 1 amide bonds. The number of hydrogen-bond acceptors (Lipinski definition) is 8. The fraction of sp³-hybridized carbons (Fsp3) is 0.650. The minimum atomic E-state index is -0.0300. The van der Waals surface area contributed by atoms with Crippen LogP contribution < -0.4 is 14.8 Å². The van der Waals surface area contributed by atoms with E-state index in [9.17, 15) is 4.79 Å². The quantitative estimate of drug-likeness (QED) is 0.665. The van der Waals surface area contributed by atoms with Crippen molar-refractivity contribution in [3.8, 4) is 11.1 Å². The van der Waals surface area contributed by atoms with E-state index in [2.05, 4.69) is 15.3 Å². The Morgan fingerprint density at radius 1 is 1.34 bits per heavy atom. The zero-order chi connectivity index (χ0) is 20.2. The molecule has 3 heterocycles. The smallest absolute Gasteiger partial charge is 0.276 e. The van der Waals surface area contributed by atoms with Gasteiger partial charge in [0.05, 0.1) is 32.5 Å². The van der Waals surface area contributed by atoms with Gasteiger partial charge >= 0.3 is 0 Å². The second-order valence-electron chi connectivity index (χ2n) is 7.76. The first-order valence-electron chi connectivity index (χ1n) is 10.1. The molecule has 2 aliphatic rings. The van der Waals surface area contributed by atoms with E-state index in [0.717, 1.165) is 36.2 Å². The predicted molar refractivity (Wildman–Crippen MR) is 109 cm³/mol. The Labute approximate surface area is 173 Å². The van der Waals surface area contributed by atoms with Crippen LogP contribution in [0.4, 0.5) is 0 Å². The Bertz CT molecular complexity index is 833. The number of ether oxygens (including phenoxy) is 4.